The van der Waals surface area contributed by atoms with E-state index in [1.165, 1.54) is 18.4 Å². The minimum atomic E-state index is -0.539. The van der Waals surface area contributed by atoms with Gasteiger partial charge in [-0.3, -0.25) is 9.59 Å². The van der Waals surface area contributed by atoms with Crippen molar-refractivity contribution in [1.29, 1.82) is 0 Å². The Bertz CT molecular complexity index is 605. The van der Waals surface area contributed by atoms with Crippen LogP contribution in [0.4, 0.5) is 0 Å². The van der Waals surface area contributed by atoms with Crippen LogP contribution in [0.5, 0.6) is 0 Å². The summed E-state index contributed by atoms with van der Waals surface area (Å²) in [5, 5.41) is 0. The minimum absolute atomic E-state index is 0.252. The lowest BCUT2D eigenvalue weighted by atomic mass is 10.2. The van der Waals surface area contributed by atoms with Crippen LogP contribution in [0.25, 0.3) is 11.1 Å². The van der Waals surface area contributed by atoms with Gasteiger partial charge in [0.1, 0.15) is 11.9 Å². The number of rotatable bonds is 4. The van der Waals surface area contributed by atoms with Gasteiger partial charge in [0.05, 0.1) is 7.11 Å². The van der Waals surface area contributed by atoms with Crippen molar-refractivity contribution in [3.05, 3.63) is 30.2 Å². The lowest BCUT2D eigenvalue weighted by molar-refractivity contribution is -0.146. The van der Waals surface area contributed by atoms with Gasteiger partial charge in [-0.05, 0) is 17.7 Å². The first-order valence-electron chi connectivity index (χ1n) is 5.73. The normalized spacial score (nSPS) is 10.4. The van der Waals surface area contributed by atoms with Crippen LogP contribution < -0.4 is 0 Å². The number of benzene rings is 1. The SMILES string of the molecule is COC(=O)CC(=O)N(C)Cc1ccc2ncoc2c1. The summed E-state index contributed by atoms with van der Waals surface area (Å²) in [7, 11) is 2.89. The minimum Gasteiger partial charge on any atom is -0.469 e. The fourth-order valence-electron chi connectivity index (χ4n) is 1.69. The molecule has 0 unspecified atom stereocenters. The molecule has 0 aliphatic carbocycles. The third-order valence-electron chi connectivity index (χ3n) is 2.76. The van der Waals surface area contributed by atoms with Crippen molar-refractivity contribution in [2.24, 2.45) is 0 Å². The van der Waals surface area contributed by atoms with E-state index in [1.807, 2.05) is 18.2 Å². The zero-order chi connectivity index (χ0) is 13.8. The number of esters is 1. The van der Waals surface area contributed by atoms with Gasteiger partial charge >= 0.3 is 5.97 Å². The van der Waals surface area contributed by atoms with E-state index in [0.717, 1.165) is 11.1 Å². The van der Waals surface area contributed by atoms with Gasteiger partial charge in [-0.15, -0.1) is 0 Å². The summed E-state index contributed by atoms with van der Waals surface area (Å²) in [5.74, 6) is -0.827. The monoisotopic (exact) mass is 262 g/mol. The topological polar surface area (TPSA) is 72.6 Å². The summed E-state index contributed by atoms with van der Waals surface area (Å²) in [6, 6.07) is 5.52. The fraction of sp³-hybridized carbons (Fsp3) is 0.308. The number of fused-ring (bicyclic) bond motifs is 1. The molecule has 0 aliphatic heterocycles. The number of methoxy groups -OCH3 is 1. The number of hydrogen-bond donors (Lipinski definition) is 0. The van der Waals surface area contributed by atoms with Gasteiger partial charge in [0.2, 0.25) is 5.91 Å². The van der Waals surface area contributed by atoms with Crippen LogP contribution in [0.3, 0.4) is 0 Å². The van der Waals surface area contributed by atoms with Crippen LogP contribution in [-0.2, 0) is 20.9 Å². The second-order valence-corrected chi connectivity index (χ2v) is 4.16. The molecule has 2 aromatic rings. The number of carbonyl (C=O) groups is 2. The highest BCUT2D eigenvalue weighted by Crippen LogP contribution is 2.15. The van der Waals surface area contributed by atoms with Crippen LogP contribution in [0.1, 0.15) is 12.0 Å². The van der Waals surface area contributed by atoms with Gasteiger partial charge in [-0.2, -0.15) is 0 Å². The molecule has 1 amide bonds. The number of amides is 1. The van der Waals surface area contributed by atoms with Crippen LogP contribution >= 0.6 is 0 Å². The van der Waals surface area contributed by atoms with Gasteiger partial charge in [0.15, 0.2) is 12.0 Å². The summed E-state index contributed by atoms with van der Waals surface area (Å²) in [5.41, 5.74) is 2.35. The van der Waals surface area contributed by atoms with Crippen molar-refractivity contribution >= 4 is 23.0 Å². The van der Waals surface area contributed by atoms with E-state index in [9.17, 15) is 9.59 Å². The van der Waals surface area contributed by atoms with E-state index >= 15 is 0 Å². The Balaban J connectivity index is 2.03. The highest BCUT2D eigenvalue weighted by molar-refractivity contribution is 5.94. The molecule has 2 rings (SSSR count). The molecular weight excluding hydrogens is 248 g/mol. The number of carbonyl (C=O) groups excluding carboxylic acids is 2. The number of hydrogen-bond acceptors (Lipinski definition) is 5. The largest absolute Gasteiger partial charge is 0.469 e. The first kappa shape index (κ1) is 13.1. The molecule has 0 fully saturated rings. The average Bonchev–Trinajstić information content (AvgIpc) is 2.85. The van der Waals surface area contributed by atoms with Crippen molar-refractivity contribution < 1.29 is 18.7 Å². The first-order valence-corrected chi connectivity index (χ1v) is 5.73. The smallest absolute Gasteiger partial charge is 0.315 e. The van der Waals surface area contributed by atoms with E-state index in [1.54, 1.807) is 7.05 Å². The van der Waals surface area contributed by atoms with E-state index in [-0.39, 0.29) is 12.3 Å². The maximum atomic E-state index is 11.7. The van der Waals surface area contributed by atoms with Crippen molar-refractivity contribution in [3.63, 3.8) is 0 Å². The molecule has 0 saturated carbocycles. The number of nitrogens with zero attached hydrogens (tertiary/aromatic N) is 2. The van der Waals surface area contributed by atoms with Crippen LogP contribution in [0.2, 0.25) is 0 Å². The molecule has 0 atom stereocenters. The Kier molecular flexibility index (Phi) is 3.79. The third-order valence-corrected chi connectivity index (χ3v) is 2.76. The molecule has 0 N–H and O–H groups in total. The molecule has 0 spiro atoms. The van der Waals surface area contributed by atoms with E-state index in [4.69, 9.17) is 4.42 Å². The van der Waals surface area contributed by atoms with E-state index in [0.29, 0.717) is 12.1 Å². The quantitative estimate of drug-likeness (QED) is 0.614. The Morgan fingerprint density at radius 1 is 1.42 bits per heavy atom. The van der Waals surface area contributed by atoms with Crippen LogP contribution in [0, 0.1) is 0 Å². The Morgan fingerprint density at radius 2 is 2.21 bits per heavy atom. The molecular formula is C13H14N2O4. The predicted molar refractivity (Wildman–Crippen MR) is 67.1 cm³/mol. The van der Waals surface area contributed by atoms with Gasteiger partial charge in [0.25, 0.3) is 0 Å². The Hall–Kier alpha value is -2.37. The molecule has 6 heteroatoms. The van der Waals surface area contributed by atoms with Gasteiger partial charge < -0.3 is 14.1 Å². The van der Waals surface area contributed by atoms with Gasteiger partial charge in [0, 0.05) is 13.6 Å². The second kappa shape index (κ2) is 5.51. The summed E-state index contributed by atoms with van der Waals surface area (Å²) < 4.78 is 9.65. The van der Waals surface area contributed by atoms with Crippen molar-refractivity contribution in [2.45, 2.75) is 13.0 Å². The summed E-state index contributed by atoms with van der Waals surface area (Å²) in [4.78, 5) is 28.2. The predicted octanol–water partition coefficient (Wildman–Crippen LogP) is 1.35. The number of oxazole rings is 1. The lowest BCUT2D eigenvalue weighted by Crippen LogP contribution is -2.28. The highest BCUT2D eigenvalue weighted by Gasteiger charge is 2.14. The third kappa shape index (κ3) is 3.09. The zero-order valence-electron chi connectivity index (χ0n) is 10.8. The molecule has 1 aromatic heterocycles. The van der Waals surface area contributed by atoms with Crippen LogP contribution in [-0.4, -0.2) is 35.9 Å². The summed E-state index contributed by atoms with van der Waals surface area (Å²) in [6.07, 6.45) is 1.12. The highest BCUT2D eigenvalue weighted by atomic mass is 16.5. The fourth-order valence-corrected chi connectivity index (χ4v) is 1.69. The molecule has 100 valence electrons. The maximum absolute atomic E-state index is 11.7. The Labute approximate surface area is 110 Å². The first-order chi connectivity index (χ1) is 9.10. The van der Waals surface area contributed by atoms with Crippen molar-refractivity contribution in [2.75, 3.05) is 14.2 Å². The second-order valence-electron chi connectivity index (χ2n) is 4.16. The average molecular weight is 262 g/mol. The summed E-state index contributed by atoms with van der Waals surface area (Å²) in [6.45, 7) is 0.395. The lowest BCUT2D eigenvalue weighted by Gasteiger charge is -2.16. The van der Waals surface area contributed by atoms with E-state index < -0.39 is 5.97 Å². The molecule has 1 heterocycles. The molecule has 0 aliphatic rings. The molecule has 0 saturated heterocycles. The molecule has 0 bridgehead atoms. The Morgan fingerprint density at radius 3 is 2.95 bits per heavy atom. The number of ether oxygens (including phenoxy) is 1. The number of aromatic nitrogens is 1. The zero-order valence-corrected chi connectivity index (χ0v) is 10.8. The summed E-state index contributed by atoms with van der Waals surface area (Å²) >= 11 is 0. The van der Waals surface area contributed by atoms with Crippen molar-refractivity contribution in [1.82, 2.24) is 9.88 Å². The van der Waals surface area contributed by atoms with Gasteiger partial charge in [-0.25, -0.2) is 4.98 Å². The maximum Gasteiger partial charge on any atom is 0.315 e. The van der Waals surface area contributed by atoms with Gasteiger partial charge in [-0.1, -0.05) is 6.07 Å². The molecule has 19 heavy (non-hydrogen) atoms. The molecule has 0 radical (unpaired) electrons. The molecule has 6 nitrogen and oxygen atoms in total. The standard InChI is InChI=1S/C13H14N2O4/c1-15(12(16)6-13(17)18-2)7-9-3-4-10-11(5-9)19-8-14-10/h3-5,8H,6-7H2,1-2H3. The van der Waals surface area contributed by atoms with Crippen molar-refractivity contribution in [3.8, 4) is 0 Å². The van der Waals surface area contributed by atoms with E-state index in [2.05, 4.69) is 9.72 Å². The molecule has 1 aromatic carbocycles. The van der Waals surface area contributed by atoms with Crippen LogP contribution in [0.15, 0.2) is 29.0 Å².